The topological polar surface area (TPSA) is 68.1 Å². The third kappa shape index (κ3) is 7.14. The third-order valence-electron chi connectivity index (χ3n) is 4.73. The lowest BCUT2D eigenvalue weighted by molar-refractivity contribution is -0.137. The van der Waals surface area contributed by atoms with Gasteiger partial charge in [-0.05, 0) is 53.7 Å². The summed E-state index contributed by atoms with van der Waals surface area (Å²) in [6.07, 6.45) is 1.14. The van der Waals surface area contributed by atoms with E-state index in [0.717, 1.165) is 12.3 Å². The van der Waals surface area contributed by atoms with Gasteiger partial charge in [0.1, 0.15) is 23.0 Å². The number of hydrogen-bond donors (Lipinski definition) is 1. The van der Waals surface area contributed by atoms with E-state index >= 15 is 0 Å². The van der Waals surface area contributed by atoms with Crippen LogP contribution in [-0.4, -0.2) is 45.4 Å². The minimum absolute atomic E-state index is 0.0578. The van der Waals surface area contributed by atoms with Gasteiger partial charge in [-0.25, -0.2) is 13.6 Å². The van der Waals surface area contributed by atoms with Gasteiger partial charge in [-0.1, -0.05) is 20.8 Å². The van der Waals surface area contributed by atoms with E-state index in [0.29, 0.717) is 12.7 Å². The molecule has 9 heteroatoms. The number of hydrogen-bond acceptors (Lipinski definition) is 5. The number of nitrogens with zero attached hydrogens (tertiary/aromatic N) is 1. The molecule has 1 rings (SSSR count). The van der Waals surface area contributed by atoms with Gasteiger partial charge in [-0.2, -0.15) is 0 Å². The summed E-state index contributed by atoms with van der Waals surface area (Å²) in [6, 6.07) is 1.77. The Kier molecular flexibility index (Phi) is 9.42. The van der Waals surface area contributed by atoms with Crippen LogP contribution in [0.2, 0.25) is 18.1 Å². The van der Waals surface area contributed by atoms with Gasteiger partial charge in [0.25, 0.3) is 0 Å². The number of aliphatic hydroxyl groups excluding tert-OH is 1. The van der Waals surface area contributed by atoms with Crippen LogP contribution in [0.1, 0.15) is 33.3 Å². The van der Waals surface area contributed by atoms with E-state index in [4.69, 9.17) is 9.16 Å². The summed E-state index contributed by atoms with van der Waals surface area (Å²) < 4.78 is 38.7. The Morgan fingerprint density at radius 1 is 1.28 bits per heavy atom. The maximum absolute atomic E-state index is 14.1. The standard InChI is InChI=1S/C20H28F2INO4Si/c1-7-27-19(26)14(12-24-8-9-28-29(5,6)20(2,3)4)18(25)13-10-17(23)16(22)11-15(13)21/h10-12,25H,7-9H2,1-6H3/b18-14-,24-12?. The Morgan fingerprint density at radius 2 is 1.90 bits per heavy atom. The summed E-state index contributed by atoms with van der Waals surface area (Å²) in [5.41, 5.74) is -0.608. The van der Waals surface area contributed by atoms with Gasteiger partial charge in [0, 0.05) is 15.9 Å². The lowest BCUT2D eigenvalue weighted by atomic mass is 10.1. The lowest BCUT2D eigenvalue weighted by Crippen LogP contribution is -2.41. The smallest absolute Gasteiger partial charge is 0.343 e. The van der Waals surface area contributed by atoms with Crippen molar-refractivity contribution >= 4 is 48.9 Å². The largest absolute Gasteiger partial charge is 0.506 e. The third-order valence-corrected chi connectivity index (χ3v) is 10.1. The molecule has 0 bridgehead atoms. The maximum atomic E-state index is 14.1. The Bertz CT molecular complexity index is 804. The number of rotatable bonds is 8. The van der Waals surface area contributed by atoms with E-state index in [-0.39, 0.29) is 32.9 Å². The van der Waals surface area contributed by atoms with Gasteiger partial charge in [-0.3, -0.25) is 4.99 Å². The van der Waals surface area contributed by atoms with E-state index < -0.39 is 31.7 Å². The number of esters is 1. The average Bonchev–Trinajstić information content (AvgIpc) is 2.59. The summed E-state index contributed by atoms with van der Waals surface area (Å²) in [6.45, 7) is 12.9. The molecule has 0 unspecified atom stereocenters. The van der Waals surface area contributed by atoms with Crippen LogP contribution in [0.5, 0.6) is 0 Å². The van der Waals surface area contributed by atoms with Crippen molar-refractivity contribution < 1.29 is 27.8 Å². The van der Waals surface area contributed by atoms with Crippen molar-refractivity contribution in [3.8, 4) is 0 Å². The maximum Gasteiger partial charge on any atom is 0.343 e. The fourth-order valence-corrected chi connectivity index (χ4v) is 3.50. The number of carbonyl (C=O) groups excluding carboxylic acids is 1. The normalized spacial score (nSPS) is 13.6. The predicted molar refractivity (Wildman–Crippen MR) is 122 cm³/mol. The minimum Gasteiger partial charge on any atom is -0.506 e. The first-order valence-electron chi connectivity index (χ1n) is 9.21. The molecule has 0 radical (unpaired) electrons. The second-order valence-electron chi connectivity index (χ2n) is 7.87. The molecule has 0 atom stereocenters. The van der Waals surface area contributed by atoms with Crippen LogP contribution in [0.4, 0.5) is 8.78 Å². The van der Waals surface area contributed by atoms with Crippen molar-refractivity contribution in [3.63, 3.8) is 0 Å². The average molecular weight is 539 g/mol. The van der Waals surface area contributed by atoms with E-state index in [1.807, 2.05) is 0 Å². The second-order valence-corrected chi connectivity index (χ2v) is 13.8. The molecule has 0 fully saturated rings. The van der Waals surface area contributed by atoms with E-state index in [9.17, 15) is 18.7 Å². The number of aliphatic hydroxyl groups is 1. The molecular formula is C20H28F2INO4Si. The number of aliphatic imine (C=N–C) groups is 1. The zero-order valence-corrected chi connectivity index (χ0v) is 20.8. The molecule has 29 heavy (non-hydrogen) atoms. The molecule has 0 spiro atoms. The molecule has 0 heterocycles. The van der Waals surface area contributed by atoms with Crippen molar-refractivity contribution in [2.45, 2.75) is 45.8 Å². The first kappa shape index (κ1) is 25.7. The number of halogens is 3. The number of ether oxygens (including phenoxy) is 1. The summed E-state index contributed by atoms with van der Waals surface area (Å²) in [5.74, 6) is -3.25. The molecule has 0 aliphatic rings. The summed E-state index contributed by atoms with van der Waals surface area (Å²) in [5, 5.41) is 10.5. The summed E-state index contributed by atoms with van der Waals surface area (Å²) in [7, 11) is -1.92. The van der Waals surface area contributed by atoms with E-state index in [1.165, 1.54) is 0 Å². The molecular weight excluding hydrogens is 511 g/mol. The van der Waals surface area contributed by atoms with Gasteiger partial charge < -0.3 is 14.3 Å². The van der Waals surface area contributed by atoms with E-state index in [2.05, 4.69) is 38.9 Å². The Hall–Kier alpha value is -1.33. The molecule has 162 valence electrons. The van der Waals surface area contributed by atoms with Crippen molar-refractivity contribution in [1.29, 1.82) is 0 Å². The second kappa shape index (κ2) is 10.6. The van der Waals surface area contributed by atoms with Crippen LogP contribution < -0.4 is 0 Å². The first-order chi connectivity index (χ1) is 13.3. The fourth-order valence-electron chi connectivity index (χ4n) is 1.99. The van der Waals surface area contributed by atoms with Crippen molar-refractivity contribution in [2.75, 3.05) is 19.8 Å². The van der Waals surface area contributed by atoms with Crippen LogP contribution in [0.3, 0.4) is 0 Å². The molecule has 0 aliphatic heterocycles. The lowest BCUT2D eigenvalue weighted by Gasteiger charge is -2.35. The van der Waals surface area contributed by atoms with Crippen molar-refractivity contribution in [1.82, 2.24) is 0 Å². The van der Waals surface area contributed by atoms with Gasteiger partial charge in [0.2, 0.25) is 0 Å². The quantitative estimate of drug-likeness (QED) is 0.0693. The molecule has 0 aromatic heterocycles. The molecule has 0 aliphatic carbocycles. The highest BCUT2D eigenvalue weighted by molar-refractivity contribution is 14.1. The zero-order valence-electron chi connectivity index (χ0n) is 17.6. The molecule has 5 nitrogen and oxygen atoms in total. The van der Waals surface area contributed by atoms with Crippen LogP contribution >= 0.6 is 22.6 Å². The van der Waals surface area contributed by atoms with E-state index in [1.54, 1.807) is 29.5 Å². The highest BCUT2D eigenvalue weighted by Gasteiger charge is 2.36. The van der Waals surface area contributed by atoms with Crippen LogP contribution in [-0.2, 0) is 14.0 Å². The van der Waals surface area contributed by atoms with Gasteiger partial charge in [0.15, 0.2) is 8.32 Å². The molecule has 1 aromatic rings. The van der Waals surface area contributed by atoms with Gasteiger partial charge >= 0.3 is 5.97 Å². The predicted octanol–water partition coefficient (Wildman–Crippen LogP) is 5.49. The number of benzene rings is 1. The van der Waals surface area contributed by atoms with Gasteiger partial charge in [-0.15, -0.1) is 0 Å². The van der Waals surface area contributed by atoms with Crippen LogP contribution in [0.15, 0.2) is 22.7 Å². The molecule has 0 saturated carbocycles. The minimum atomic E-state index is -1.92. The fraction of sp³-hybridized carbons (Fsp3) is 0.500. The Labute approximate surface area is 185 Å². The van der Waals surface area contributed by atoms with Crippen molar-refractivity contribution in [3.05, 3.63) is 38.5 Å². The first-order valence-corrected chi connectivity index (χ1v) is 13.2. The molecule has 1 aromatic carbocycles. The molecule has 0 saturated heterocycles. The molecule has 1 N–H and O–H groups in total. The Balaban J connectivity index is 3.08. The summed E-state index contributed by atoms with van der Waals surface area (Å²) >= 11 is 1.67. The van der Waals surface area contributed by atoms with Crippen LogP contribution in [0, 0.1) is 15.2 Å². The highest BCUT2D eigenvalue weighted by atomic mass is 127. The Morgan fingerprint density at radius 3 is 2.45 bits per heavy atom. The molecule has 0 amide bonds. The van der Waals surface area contributed by atoms with Gasteiger partial charge in [0.05, 0.1) is 25.3 Å². The number of carbonyl (C=O) groups is 1. The highest BCUT2D eigenvalue weighted by Crippen LogP contribution is 2.36. The van der Waals surface area contributed by atoms with Crippen molar-refractivity contribution in [2.24, 2.45) is 4.99 Å². The van der Waals surface area contributed by atoms with Crippen LogP contribution in [0.25, 0.3) is 5.76 Å². The zero-order chi connectivity index (χ0) is 22.4. The SMILES string of the molecule is CCOC(=O)/C(C=NCCO[Si](C)(C)C(C)(C)C)=C(\O)c1cc(I)c(F)cc1F. The summed E-state index contributed by atoms with van der Waals surface area (Å²) in [4.78, 5) is 16.4. The monoisotopic (exact) mass is 539 g/mol.